The molecule has 2 heteroatoms. The summed E-state index contributed by atoms with van der Waals surface area (Å²) in [6, 6.07) is 0. The van der Waals surface area contributed by atoms with E-state index in [4.69, 9.17) is 9.47 Å². The standard InChI is InChI=1S/C11H14O2/c1-3-5-9-13-11-7-6-10-12-8-4-2/h4H,2,8-11H2,1H3. The lowest BCUT2D eigenvalue weighted by atomic mass is 10.6. The van der Waals surface area contributed by atoms with E-state index in [-0.39, 0.29) is 0 Å². The minimum atomic E-state index is 0.409. The molecule has 0 saturated carbocycles. The molecule has 0 heterocycles. The summed E-state index contributed by atoms with van der Waals surface area (Å²) < 4.78 is 10.1. The van der Waals surface area contributed by atoms with E-state index in [0.717, 1.165) is 0 Å². The maximum Gasteiger partial charge on any atom is 0.109 e. The second-order valence-electron chi connectivity index (χ2n) is 2.08. The Hall–Kier alpha value is -1.22. The predicted octanol–water partition coefficient (Wildman–Crippen LogP) is 1.23. The van der Waals surface area contributed by atoms with Crippen molar-refractivity contribution in [2.75, 3.05) is 26.4 Å². The Morgan fingerprint density at radius 3 is 2.31 bits per heavy atom. The van der Waals surface area contributed by atoms with Crippen LogP contribution >= 0.6 is 0 Å². The van der Waals surface area contributed by atoms with Gasteiger partial charge in [0.2, 0.25) is 0 Å². The Morgan fingerprint density at radius 2 is 1.69 bits per heavy atom. The lowest BCUT2D eigenvalue weighted by Crippen LogP contribution is -1.93. The zero-order chi connectivity index (χ0) is 9.78. The van der Waals surface area contributed by atoms with Gasteiger partial charge in [0.1, 0.15) is 19.8 Å². The molecule has 70 valence electrons. The van der Waals surface area contributed by atoms with Crippen LogP contribution in [0.4, 0.5) is 0 Å². The number of ether oxygens (including phenoxy) is 2. The van der Waals surface area contributed by atoms with Gasteiger partial charge in [-0.05, 0) is 6.92 Å². The van der Waals surface area contributed by atoms with Gasteiger partial charge in [-0.3, -0.25) is 0 Å². The van der Waals surface area contributed by atoms with Crippen LogP contribution in [0.15, 0.2) is 12.7 Å². The zero-order valence-electron chi connectivity index (χ0n) is 7.93. The molecule has 0 unspecified atom stereocenters. The minimum Gasteiger partial charge on any atom is -0.365 e. The second kappa shape index (κ2) is 10.8. The van der Waals surface area contributed by atoms with Crippen LogP contribution in [-0.4, -0.2) is 26.4 Å². The van der Waals surface area contributed by atoms with E-state index in [9.17, 15) is 0 Å². The Morgan fingerprint density at radius 1 is 1.08 bits per heavy atom. The predicted molar refractivity (Wildman–Crippen MR) is 53.1 cm³/mol. The summed E-state index contributed by atoms with van der Waals surface area (Å²) in [7, 11) is 0. The molecular formula is C11H14O2. The van der Waals surface area contributed by atoms with Crippen molar-refractivity contribution in [3.05, 3.63) is 12.7 Å². The highest BCUT2D eigenvalue weighted by molar-refractivity contribution is 5.00. The maximum atomic E-state index is 5.06. The topological polar surface area (TPSA) is 18.5 Å². The Kier molecular flexibility index (Phi) is 9.77. The van der Waals surface area contributed by atoms with Gasteiger partial charge in [-0.1, -0.05) is 23.8 Å². The number of hydrogen-bond donors (Lipinski definition) is 0. The summed E-state index contributed by atoms with van der Waals surface area (Å²) in [5, 5.41) is 0. The fourth-order valence-corrected chi connectivity index (χ4v) is 0.521. The molecule has 0 rings (SSSR count). The van der Waals surface area contributed by atoms with Crippen molar-refractivity contribution in [3.63, 3.8) is 0 Å². The van der Waals surface area contributed by atoms with Crippen LogP contribution in [0.5, 0.6) is 0 Å². The average Bonchev–Trinajstić information content (AvgIpc) is 2.16. The summed E-state index contributed by atoms with van der Waals surface area (Å²) in [4.78, 5) is 0. The smallest absolute Gasteiger partial charge is 0.109 e. The van der Waals surface area contributed by atoms with Gasteiger partial charge < -0.3 is 9.47 Å². The van der Waals surface area contributed by atoms with E-state index in [1.54, 1.807) is 13.0 Å². The zero-order valence-corrected chi connectivity index (χ0v) is 7.93. The van der Waals surface area contributed by atoms with Gasteiger partial charge in [0.05, 0.1) is 6.61 Å². The van der Waals surface area contributed by atoms with Gasteiger partial charge in [0.25, 0.3) is 0 Å². The lowest BCUT2D eigenvalue weighted by molar-refractivity contribution is 0.195. The second-order valence-corrected chi connectivity index (χ2v) is 2.08. The highest BCUT2D eigenvalue weighted by atomic mass is 16.5. The van der Waals surface area contributed by atoms with E-state index >= 15 is 0 Å². The molecule has 0 aromatic heterocycles. The van der Waals surface area contributed by atoms with Crippen LogP contribution in [0, 0.1) is 23.7 Å². The van der Waals surface area contributed by atoms with Crippen LogP contribution in [0.25, 0.3) is 0 Å². The molecule has 0 atom stereocenters. The van der Waals surface area contributed by atoms with E-state index in [1.807, 2.05) is 0 Å². The molecule has 0 aromatic rings. The van der Waals surface area contributed by atoms with Crippen molar-refractivity contribution in [3.8, 4) is 23.7 Å². The molecule has 0 spiro atoms. The fourth-order valence-electron chi connectivity index (χ4n) is 0.521. The summed E-state index contributed by atoms with van der Waals surface area (Å²) in [6.07, 6.45) is 1.69. The fraction of sp³-hybridized carbons (Fsp3) is 0.455. The Bertz CT molecular complexity index is 234. The normalized spacial score (nSPS) is 7.77. The average molecular weight is 178 g/mol. The van der Waals surface area contributed by atoms with Gasteiger partial charge in [0, 0.05) is 0 Å². The Balaban J connectivity index is 3.18. The lowest BCUT2D eigenvalue weighted by Gasteiger charge is -1.91. The minimum absolute atomic E-state index is 0.409. The molecule has 0 aliphatic carbocycles. The highest BCUT2D eigenvalue weighted by Gasteiger charge is 1.77. The molecule has 0 fully saturated rings. The first-order valence-corrected chi connectivity index (χ1v) is 4.03. The van der Waals surface area contributed by atoms with Crippen molar-refractivity contribution in [2.24, 2.45) is 0 Å². The SMILES string of the molecule is C=CCOCC#CCOCC#CC. The first-order chi connectivity index (χ1) is 6.41. The van der Waals surface area contributed by atoms with Gasteiger partial charge in [-0.15, -0.1) is 12.5 Å². The van der Waals surface area contributed by atoms with Crippen molar-refractivity contribution >= 4 is 0 Å². The van der Waals surface area contributed by atoms with Crippen LogP contribution < -0.4 is 0 Å². The molecule has 0 saturated heterocycles. The highest BCUT2D eigenvalue weighted by Crippen LogP contribution is 1.74. The van der Waals surface area contributed by atoms with E-state index in [0.29, 0.717) is 26.4 Å². The van der Waals surface area contributed by atoms with Gasteiger partial charge in [0.15, 0.2) is 0 Å². The third kappa shape index (κ3) is 10.8. The largest absolute Gasteiger partial charge is 0.365 e. The summed E-state index contributed by atoms with van der Waals surface area (Å²) >= 11 is 0. The van der Waals surface area contributed by atoms with E-state index in [2.05, 4.69) is 30.3 Å². The third-order valence-electron chi connectivity index (χ3n) is 1.06. The Labute approximate surface area is 79.9 Å². The molecule has 0 N–H and O–H groups in total. The summed E-state index contributed by atoms with van der Waals surface area (Å²) in [6.45, 7) is 7.11. The monoisotopic (exact) mass is 178 g/mol. The van der Waals surface area contributed by atoms with E-state index < -0.39 is 0 Å². The van der Waals surface area contributed by atoms with Crippen LogP contribution in [0.2, 0.25) is 0 Å². The van der Waals surface area contributed by atoms with Gasteiger partial charge >= 0.3 is 0 Å². The van der Waals surface area contributed by atoms with Crippen LogP contribution in [-0.2, 0) is 9.47 Å². The molecular weight excluding hydrogens is 164 g/mol. The van der Waals surface area contributed by atoms with Gasteiger partial charge in [-0.25, -0.2) is 0 Å². The molecule has 0 amide bonds. The van der Waals surface area contributed by atoms with Gasteiger partial charge in [-0.2, -0.15) is 0 Å². The molecule has 0 radical (unpaired) electrons. The van der Waals surface area contributed by atoms with Crippen molar-refractivity contribution < 1.29 is 9.47 Å². The number of rotatable bonds is 5. The molecule has 0 aliphatic rings. The molecule has 0 aromatic carbocycles. The van der Waals surface area contributed by atoms with Crippen LogP contribution in [0.1, 0.15) is 6.92 Å². The summed E-state index contributed by atoms with van der Waals surface area (Å²) in [5.74, 6) is 11.1. The van der Waals surface area contributed by atoms with Crippen molar-refractivity contribution in [2.45, 2.75) is 6.92 Å². The quantitative estimate of drug-likeness (QED) is 0.358. The maximum absolute atomic E-state index is 5.06. The third-order valence-corrected chi connectivity index (χ3v) is 1.06. The summed E-state index contributed by atoms with van der Waals surface area (Å²) in [5.41, 5.74) is 0. The molecule has 0 aliphatic heterocycles. The van der Waals surface area contributed by atoms with Crippen LogP contribution in [0.3, 0.4) is 0 Å². The van der Waals surface area contributed by atoms with Crippen molar-refractivity contribution in [1.82, 2.24) is 0 Å². The molecule has 2 nitrogen and oxygen atoms in total. The van der Waals surface area contributed by atoms with Crippen molar-refractivity contribution in [1.29, 1.82) is 0 Å². The molecule has 0 bridgehead atoms. The first-order valence-electron chi connectivity index (χ1n) is 4.03. The molecule has 13 heavy (non-hydrogen) atoms. The number of hydrogen-bond acceptors (Lipinski definition) is 2. The van der Waals surface area contributed by atoms with E-state index in [1.165, 1.54) is 0 Å². The first kappa shape index (κ1) is 11.8.